The van der Waals surface area contributed by atoms with Gasteiger partial charge < -0.3 is 4.74 Å². The van der Waals surface area contributed by atoms with Gasteiger partial charge in [0.25, 0.3) is 0 Å². The molecule has 0 spiro atoms. The van der Waals surface area contributed by atoms with Crippen LogP contribution >= 0.6 is 27.3 Å². The van der Waals surface area contributed by atoms with Crippen molar-refractivity contribution in [2.24, 2.45) is 0 Å². The summed E-state index contributed by atoms with van der Waals surface area (Å²) in [4.78, 5) is 10.0. The van der Waals surface area contributed by atoms with Crippen molar-refractivity contribution < 1.29 is 4.74 Å². The van der Waals surface area contributed by atoms with Crippen molar-refractivity contribution in [1.29, 1.82) is 0 Å². The standard InChI is InChI=1S/C13H15BrN2OS/c1-13(2,3)12-15-10(14)7-11(16-12)17-8-9-5-4-6-18-9/h4-7H,8H2,1-3H3. The molecule has 2 aromatic rings. The Morgan fingerprint density at radius 2 is 2.11 bits per heavy atom. The van der Waals surface area contributed by atoms with E-state index < -0.39 is 0 Å². The van der Waals surface area contributed by atoms with Gasteiger partial charge in [0.15, 0.2) is 0 Å². The van der Waals surface area contributed by atoms with Gasteiger partial charge in [-0.25, -0.2) is 4.98 Å². The summed E-state index contributed by atoms with van der Waals surface area (Å²) in [7, 11) is 0. The quantitative estimate of drug-likeness (QED) is 0.794. The third kappa shape index (κ3) is 3.53. The van der Waals surface area contributed by atoms with Crippen LogP contribution in [0.25, 0.3) is 0 Å². The molecule has 0 saturated carbocycles. The molecule has 0 amide bonds. The smallest absolute Gasteiger partial charge is 0.218 e. The average molecular weight is 327 g/mol. The maximum atomic E-state index is 5.70. The number of aromatic nitrogens is 2. The summed E-state index contributed by atoms with van der Waals surface area (Å²) in [6, 6.07) is 5.86. The summed E-state index contributed by atoms with van der Waals surface area (Å²) in [6.45, 7) is 6.79. The first-order chi connectivity index (χ1) is 8.45. The average Bonchev–Trinajstić information content (AvgIpc) is 2.77. The van der Waals surface area contributed by atoms with E-state index in [2.05, 4.69) is 46.7 Å². The monoisotopic (exact) mass is 326 g/mol. The van der Waals surface area contributed by atoms with Crippen molar-refractivity contribution in [3.8, 4) is 5.88 Å². The Morgan fingerprint density at radius 3 is 2.72 bits per heavy atom. The first-order valence-electron chi connectivity index (χ1n) is 5.65. The van der Waals surface area contributed by atoms with Crippen molar-refractivity contribution in [1.82, 2.24) is 9.97 Å². The molecule has 5 heteroatoms. The summed E-state index contributed by atoms with van der Waals surface area (Å²) in [5, 5.41) is 2.04. The van der Waals surface area contributed by atoms with Crippen LogP contribution in [0.3, 0.4) is 0 Å². The van der Waals surface area contributed by atoms with Gasteiger partial charge in [0.05, 0.1) is 0 Å². The Morgan fingerprint density at radius 1 is 1.33 bits per heavy atom. The van der Waals surface area contributed by atoms with Crippen LogP contribution in [0.2, 0.25) is 0 Å². The number of thiophene rings is 1. The molecule has 18 heavy (non-hydrogen) atoms. The van der Waals surface area contributed by atoms with Crippen LogP contribution in [0.5, 0.6) is 5.88 Å². The van der Waals surface area contributed by atoms with Crippen LogP contribution in [-0.2, 0) is 12.0 Å². The summed E-state index contributed by atoms with van der Waals surface area (Å²) in [5.41, 5.74) is -0.0924. The van der Waals surface area contributed by atoms with Crippen LogP contribution in [0.4, 0.5) is 0 Å². The van der Waals surface area contributed by atoms with Crippen LogP contribution in [-0.4, -0.2) is 9.97 Å². The highest BCUT2D eigenvalue weighted by molar-refractivity contribution is 9.10. The number of rotatable bonds is 3. The molecule has 0 aliphatic heterocycles. The molecule has 0 unspecified atom stereocenters. The predicted octanol–water partition coefficient (Wildman–Crippen LogP) is 4.18. The Hall–Kier alpha value is -0.940. The molecule has 3 nitrogen and oxygen atoms in total. The zero-order valence-electron chi connectivity index (χ0n) is 10.6. The summed E-state index contributed by atoms with van der Waals surface area (Å²) >= 11 is 5.07. The van der Waals surface area contributed by atoms with Gasteiger partial charge in [-0.1, -0.05) is 26.8 Å². The molecule has 96 valence electrons. The van der Waals surface area contributed by atoms with E-state index in [0.29, 0.717) is 12.5 Å². The Labute approximate surface area is 119 Å². The van der Waals surface area contributed by atoms with E-state index in [1.807, 2.05) is 17.5 Å². The lowest BCUT2D eigenvalue weighted by Crippen LogP contribution is -2.16. The zero-order chi connectivity index (χ0) is 13.2. The fourth-order valence-corrected chi connectivity index (χ4v) is 2.33. The van der Waals surface area contributed by atoms with Gasteiger partial charge in [0.1, 0.15) is 17.0 Å². The third-order valence-corrected chi connectivity index (χ3v) is 3.54. The Balaban J connectivity index is 2.15. The fraction of sp³-hybridized carbons (Fsp3) is 0.385. The number of nitrogens with zero attached hydrogens (tertiary/aromatic N) is 2. The molecule has 0 saturated heterocycles. The van der Waals surface area contributed by atoms with Crippen molar-refractivity contribution in [3.63, 3.8) is 0 Å². The SMILES string of the molecule is CC(C)(C)c1nc(Br)cc(OCc2cccs2)n1. The van der Waals surface area contributed by atoms with Gasteiger partial charge in [-0.05, 0) is 27.4 Å². The van der Waals surface area contributed by atoms with Gasteiger partial charge >= 0.3 is 0 Å². The van der Waals surface area contributed by atoms with Gasteiger partial charge in [0, 0.05) is 16.4 Å². The second-order valence-corrected chi connectivity index (χ2v) is 6.82. The molecule has 2 aromatic heterocycles. The molecular formula is C13H15BrN2OS. The molecule has 0 aromatic carbocycles. The largest absolute Gasteiger partial charge is 0.472 e. The summed E-state index contributed by atoms with van der Waals surface area (Å²) in [6.07, 6.45) is 0. The van der Waals surface area contributed by atoms with E-state index in [1.54, 1.807) is 17.4 Å². The van der Waals surface area contributed by atoms with Crippen molar-refractivity contribution >= 4 is 27.3 Å². The van der Waals surface area contributed by atoms with Gasteiger partial charge in [-0.15, -0.1) is 11.3 Å². The second-order valence-electron chi connectivity index (χ2n) is 4.97. The maximum Gasteiger partial charge on any atom is 0.218 e. The third-order valence-electron chi connectivity index (χ3n) is 2.28. The van der Waals surface area contributed by atoms with Crippen LogP contribution in [0.15, 0.2) is 28.2 Å². The number of hydrogen-bond donors (Lipinski definition) is 0. The molecular weight excluding hydrogens is 312 g/mol. The highest BCUT2D eigenvalue weighted by Crippen LogP contribution is 2.24. The van der Waals surface area contributed by atoms with Crippen LogP contribution in [0, 0.1) is 0 Å². The van der Waals surface area contributed by atoms with Crippen molar-refractivity contribution in [2.75, 3.05) is 0 Å². The lowest BCUT2D eigenvalue weighted by molar-refractivity contribution is 0.293. The first kappa shape index (κ1) is 13.5. The van der Waals surface area contributed by atoms with Crippen LogP contribution in [0.1, 0.15) is 31.5 Å². The molecule has 0 aliphatic carbocycles. The second kappa shape index (κ2) is 5.36. The normalized spacial score (nSPS) is 11.6. The minimum absolute atomic E-state index is 0.0924. The topological polar surface area (TPSA) is 35.0 Å². The number of hydrogen-bond acceptors (Lipinski definition) is 4. The lowest BCUT2D eigenvalue weighted by Gasteiger charge is -2.17. The number of halogens is 1. The highest BCUT2D eigenvalue weighted by Gasteiger charge is 2.19. The van der Waals surface area contributed by atoms with E-state index in [9.17, 15) is 0 Å². The molecule has 0 fully saturated rings. The highest BCUT2D eigenvalue weighted by atomic mass is 79.9. The van der Waals surface area contributed by atoms with Crippen molar-refractivity contribution in [3.05, 3.63) is 38.9 Å². The molecule has 0 N–H and O–H groups in total. The minimum Gasteiger partial charge on any atom is -0.472 e. The molecule has 2 rings (SSSR count). The van der Waals surface area contributed by atoms with Crippen molar-refractivity contribution in [2.45, 2.75) is 32.8 Å². The summed E-state index contributed by atoms with van der Waals surface area (Å²) in [5.74, 6) is 1.38. The fourth-order valence-electron chi connectivity index (χ4n) is 1.35. The summed E-state index contributed by atoms with van der Waals surface area (Å²) < 4.78 is 6.45. The molecule has 0 atom stereocenters. The first-order valence-corrected chi connectivity index (χ1v) is 7.32. The predicted molar refractivity (Wildman–Crippen MR) is 77.1 cm³/mol. The molecule has 0 radical (unpaired) electrons. The van der Waals surface area contributed by atoms with E-state index >= 15 is 0 Å². The van der Waals surface area contributed by atoms with E-state index in [-0.39, 0.29) is 5.41 Å². The Kier molecular flexibility index (Phi) is 4.02. The molecule has 0 bridgehead atoms. The van der Waals surface area contributed by atoms with Gasteiger partial charge in [-0.2, -0.15) is 4.98 Å². The van der Waals surface area contributed by atoms with Gasteiger partial charge in [0.2, 0.25) is 5.88 Å². The van der Waals surface area contributed by atoms with E-state index in [0.717, 1.165) is 10.4 Å². The zero-order valence-corrected chi connectivity index (χ0v) is 13.0. The maximum absolute atomic E-state index is 5.70. The van der Waals surface area contributed by atoms with Crippen LogP contribution < -0.4 is 4.74 Å². The molecule has 0 aliphatic rings. The number of ether oxygens (including phenoxy) is 1. The van der Waals surface area contributed by atoms with Gasteiger partial charge in [-0.3, -0.25) is 0 Å². The van der Waals surface area contributed by atoms with E-state index in [1.165, 1.54) is 4.88 Å². The lowest BCUT2D eigenvalue weighted by atomic mass is 9.96. The van der Waals surface area contributed by atoms with E-state index in [4.69, 9.17) is 4.74 Å². The Bertz CT molecular complexity index is 520. The minimum atomic E-state index is -0.0924. The molecule has 2 heterocycles.